The van der Waals surface area contributed by atoms with E-state index in [1.54, 1.807) is 0 Å². The van der Waals surface area contributed by atoms with E-state index in [0.717, 1.165) is 56.8 Å². The standard InChI is InChI=1S/C26H33N6O/c1-2-33-23-8-6-7-20-24(23)30-31-25(20)26-28-21-10-9-19(17-22(21)29-26)32(15-4-3-5-16-32)18-11-13-27-14-12-18/h6-10,17-18,27H,2-5,11-16H2,1H3,(H,28,29)(H,30,31)/q+1. The molecule has 4 aromatic rings. The number of fused-ring (bicyclic) bond motifs is 2. The zero-order valence-corrected chi connectivity index (χ0v) is 19.4. The van der Waals surface area contributed by atoms with Crippen LogP contribution in [0, 0.1) is 0 Å². The number of benzene rings is 2. The predicted molar refractivity (Wildman–Crippen MR) is 134 cm³/mol. The number of para-hydroxylation sites is 1. The predicted octanol–water partition coefficient (Wildman–Crippen LogP) is 4.75. The normalized spacial score (nSPS) is 19.3. The van der Waals surface area contributed by atoms with E-state index in [9.17, 15) is 0 Å². The van der Waals surface area contributed by atoms with Gasteiger partial charge in [0.1, 0.15) is 22.6 Å². The fourth-order valence-electron chi connectivity index (χ4n) is 6.07. The van der Waals surface area contributed by atoms with Crippen molar-refractivity contribution in [3.8, 4) is 17.3 Å². The van der Waals surface area contributed by atoms with Crippen molar-refractivity contribution in [2.45, 2.75) is 45.1 Å². The van der Waals surface area contributed by atoms with Crippen LogP contribution in [0.1, 0.15) is 39.0 Å². The lowest BCUT2D eigenvalue weighted by Crippen LogP contribution is -2.62. The van der Waals surface area contributed by atoms with Gasteiger partial charge >= 0.3 is 0 Å². The Balaban J connectivity index is 1.41. The van der Waals surface area contributed by atoms with Crippen LogP contribution in [-0.4, -0.2) is 59.0 Å². The molecular formula is C26H33N6O+. The maximum atomic E-state index is 5.77. The summed E-state index contributed by atoms with van der Waals surface area (Å²) in [6.07, 6.45) is 6.51. The molecule has 0 radical (unpaired) electrons. The van der Waals surface area contributed by atoms with Gasteiger partial charge in [-0.3, -0.25) is 9.58 Å². The van der Waals surface area contributed by atoms with Crippen molar-refractivity contribution in [1.82, 2.24) is 30.0 Å². The number of hydrogen-bond donors (Lipinski definition) is 3. The number of hydrogen-bond acceptors (Lipinski definition) is 4. The van der Waals surface area contributed by atoms with E-state index in [2.05, 4.69) is 44.8 Å². The van der Waals surface area contributed by atoms with E-state index >= 15 is 0 Å². The molecule has 3 N–H and O–H groups in total. The molecule has 2 fully saturated rings. The van der Waals surface area contributed by atoms with E-state index < -0.39 is 0 Å². The summed E-state index contributed by atoms with van der Waals surface area (Å²) in [6, 6.07) is 13.6. The molecule has 2 saturated heterocycles. The summed E-state index contributed by atoms with van der Waals surface area (Å²) in [5.41, 5.74) is 5.28. The van der Waals surface area contributed by atoms with E-state index in [-0.39, 0.29) is 0 Å². The Bertz CT molecular complexity index is 1260. The summed E-state index contributed by atoms with van der Waals surface area (Å²) in [6.45, 7) is 7.39. The Labute approximate surface area is 194 Å². The monoisotopic (exact) mass is 445 g/mol. The third-order valence-corrected chi connectivity index (χ3v) is 7.69. The average Bonchev–Trinajstić information content (AvgIpc) is 3.49. The van der Waals surface area contributed by atoms with Gasteiger partial charge < -0.3 is 15.0 Å². The number of nitrogens with zero attached hydrogens (tertiary/aromatic N) is 3. The van der Waals surface area contributed by atoms with Gasteiger partial charge in [0, 0.05) is 43.5 Å². The molecule has 0 unspecified atom stereocenters. The highest BCUT2D eigenvalue weighted by atomic mass is 16.5. The zero-order valence-electron chi connectivity index (χ0n) is 19.4. The molecule has 2 aromatic heterocycles. The Morgan fingerprint density at radius 3 is 2.73 bits per heavy atom. The quantitative estimate of drug-likeness (QED) is 0.388. The molecule has 0 saturated carbocycles. The van der Waals surface area contributed by atoms with Crippen LogP contribution < -0.4 is 14.5 Å². The van der Waals surface area contributed by atoms with E-state index in [1.165, 1.54) is 50.9 Å². The van der Waals surface area contributed by atoms with Gasteiger partial charge in [0.15, 0.2) is 5.82 Å². The molecular weight excluding hydrogens is 412 g/mol. The number of H-pyrrole nitrogens is 2. The van der Waals surface area contributed by atoms with Crippen LogP contribution in [0.3, 0.4) is 0 Å². The fourth-order valence-corrected chi connectivity index (χ4v) is 6.07. The van der Waals surface area contributed by atoms with Crippen molar-refractivity contribution in [1.29, 1.82) is 0 Å². The van der Waals surface area contributed by atoms with Gasteiger partial charge in [0.05, 0.1) is 36.8 Å². The summed E-state index contributed by atoms with van der Waals surface area (Å²) < 4.78 is 6.90. The molecule has 0 atom stereocenters. The molecule has 2 aliphatic heterocycles. The van der Waals surface area contributed by atoms with E-state index in [0.29, 0.717) is 12.6 Å². The number of aromatic amines is 2. The highest BCUT2D eigenvalue weighted by Crippen LogP contribution is 2.37. The molecule has 4 heterocycles. The second-order valence-electron chi connectivity index (χ2n) is 9.49. The van der Waals surface area contributed by atoms with Crippen molar-refractivity contribution in [3.05, 3.63) is 36.4 Å². The van der Waals surface area contributed by atoms with Crippen LogP contribution >= 0.6 is 0 Å². The maximum absolute atomic E-state index is 5.77. The Hall–Kier alpha value is -2.90. The first kappa shape index (κ1) is 20.7. The van der Waals surface area contributed by atoms with Crippen molar-refractivity contribution >= 4 is 27.6 Å². The Kier molecular flexibility index (Phi) is 5.31. The largest absolute Gasteiger partial charge is 0.492 e. The molecule has 7 heteroatoms. The van der Waals surface area contributed by atoms with Gasteiger partial charge in [-0.15, -0.1) is 0 Å². The highest BCUT2D eigenvalue weighted by Gasteiger charge is 2.41. The number of aromatic nitrogens is 4. The highest BCUT2D eigenvalue weighted by molar-refractivity contribution is 5.96. The van der Waals surface area contributed by atoms with Gasteiger partial charge in [-0.2, -0.15) is 5.10 Å². The number of quaternary nitrogens is 1. The van der Waals surface area contributed by atoms with Crippen molar-refractivity contribution in [2.75, 3.05) is 32.8 Å². The minimum absolute atomic E-state index is 0.623. The third kappa shape index (κ3) is 3.50. The first-order chi connectivity index (χ1) is 16.3. The molecule has 2 aliphatic rings. The average molecular weight is 446 g/mol. The van der Waals surface area contributed by atoms with Crippen molar-refractivity contribution in [2.24, 2.45) is 0 Å². The van der Waals surface area contributed by atoms with Gasteiger partial charge in [-0.1, -0.05) is 12.1 Å². The van der Waals surface area contributed by atoms with E-state index in [1.807, 2.05) is 19.1 Å². The SMILES string of the molecule is CCOc1cccc2c(-c3nc4ccc([N+]5(C6CCNCC6)CCCCC5)cc4[nH]3)n[nH]c12. The summed E-state index contributed by atoms with van der Waals surface area (Å²) >= 11 is 0. The number of piperidine rings is 2. The summed E-state index contributed by atoms with van der Waals surface area (Å²) in [5.74, 6) is 1.62. The smallest absolute Gasteiger partial charge is 0.159 e. The minimum atomic E-state index is 0.623. The van der Waals surface area contributed by atoms with Crippen LogP contribution in [0.5, 0.6) is 5.75 Å². The molecule has 0 aliphatic carbocycles. The Morgan fingerprint density at radius 2 is 1.91 bits per heavy atom. The van der Waals surface area contributed by atoms with Crippen LogP contribution in [0.15, 0.2) is 36.4 Å². The molecule has 172 valence electrons. The molecule has 33 heavy (non-hydrogen) atoms. The van der Waals surface area contributed by atoms with Crippen LogP contribution in [-0.2, 0) is 0 Å². The van der Waals surface area contributed by atoms with Crippen molar-refractivity contribution in [3.63, 3.8) is 0 Å². The summed E-state index contributed by atoms with van der Waals surface area (Å²) in [5, 5.41) is 12.3. The second kappa shape index (κ2) is 8.47. The lowest BCUT2D eigenvalue weighted by atomic mass is 9.95. The molecule has 0 bridgehead atoms. The topological polar surface area (TPSA) is 78.6 Å². The van der Waals surface area contributed by atoms with Gasteiger partial charge in [0.2, 0.25) is 0 Å². The minimum Gasteiger partial charge on any atom is -0.492 e. The van der Waals surface area contributed by atoms with Crippen LogP contribution in [0.2, 0.25) is 0 Å². The lowest BCUT2D eigenvalue weighted by molar-refractivity contribution is 0.139. The molecule has 7 nitrogen and oxygen atoms in total. The van der Waals surface area contributed by atoms with Gasteiger partial charge in [0.25, 0.3) is 0 Å². The van der Waals surface area contributed by atoms with Crippen LogP contribution in [0.4, 0.5) is 5.69 Å². The fraction of sp³-hybridized carbons (Fsp3) is 0.462. The van der Waals surface area contributed by atoms with Gasteiger partial charge in [-0.05, 0) is 38.3 Å². The van der Waals surface area contributed by atoms with E-state index in [4.69, 9.17) is 9.72 Å². The number of likely N-dealkylation sites (tertiary alicyclic amines) is 1. The summed E-state index contributed by atoms with van der Waals surface area (Å²) in [4.78, 5) is 8.49. The summed E-state index contributed by atoms with van der Waals surface area (Å²) in [7, 11) is 0. The van der Waals surface area contributed by atoms with Crippen LogP contribution in [0.25, 0.3) is 33.5 Å². The zero-order chi connectivity index (χ0) is 22.3. The maximum Gasteiger partial charge on any atom is 0.159 e. The third-order valence-electron chi connectivity index (χ3n) is 7.69. The number of nitrogens with one attached hydrogen (secondary N) is 3. The lowest BCUT2D eigenvalue weighted by Gasteiger charge is -2.48. The first-order valence-corrected chi connectivity index (χ1v) is 12.5. The number of imidazole rings is 1. The second-order valence-corrected chi connectivity index (χ2v) is 9.49. The molecule has 0 amide bonds. The number of rotatable bonds is 5. The molecule has 6 rings (SSSR count). The molecule has 2 aromatic carbocycles. The first-order valence-electron chi connectivity index (χ1n) is 12.5. The van der Waals surface area contributed by atoms with Gasteiger partial charge in [-0.25, -0.2) is 4.98 Å². The van der Waals surface area contributed by atoms with Crippen molar-refractivity contribution < 1.29 is 4.74 Å². The number of ether oxygens (including phenoxy) is 1. The Morgan fingerprint density at radius 1 is 1.06 bits per heavy atom. The molecule has 0 spiro atoms.